The number of imide groups is 1. The molecule has 5 rings (SSSR count). The molecule has 0 bridgehead atoms. The molecule has 2 aliphatic heterocycles. The van der Waals surface area contributed by atoms with Gasteiger partial charge in [-0.2, -0.15) is 0 Å². The van der Waals surface area contributed by atoms with Crippen LogP contribution in [0.5, 0.6) is 11.5 Å². The van der Waals surface area contributed by atoms with E-state index in [0.717, 1.165) is 10.5 Å². The first-order valence-corrected chi connectivity index (χ1v) is 10.7. The summed E-state index contributed by atoms with van der Waals surface area (Å²) in [4.78, 5) is 40.0. The molecule has 0 saturated carbocycles. The number of ether oxygens (including phenoxy) is 2. The first-order chi connectivity index (χ1) is 16.8. The van der Waals surface area contributed by atoms with Crippen LogP contribution in [0, 0.1) is 0 Å². The van der Waals surface area contributed by atoms with Crippen molar-refractivity contribution in [2.24, 2.45) is 0 Å². The second kappa shape index (κ2) is 8.39. The molecule has 10 heteroatoms. The Labute approximate surface area is 198 Å². The van der Waals surface area contributed by atoms with Crippen molar-refractivity contribution < 1.29 is 32.6 Å². The summed E-state index contributed by atoms with van der Waals surface area (Å²) < 4.78 is 35.2. The quantitative estimate of drug-likeness (QED) is 0.527. The summed E-state index contributed by atoms with van der Waals surface area (Å²) in [6, 6.07) is 21.1. The van der Waals surface area contributed by atoms with Crippen molar-refractivity contribution >= 4 is 23.5 Å². The van der Waals surface area contributed by atoms with E-state index in [1.807, 2.05) is 30.3 Å². The summed E-state index contributed by atoms with van der Waals surface area (Å²) in [5, 5.41) is 5.27. The largest absolute Gasteiger partial charge is 0.586 e. The van der Waals surface area contributed by atoms with Crippen molar-refractivity contribution in [3.8, 4) is 11.5 Å². The highest BCUT2D eigenvalue weighted by Crippen LogP contribution is 2.42. The Bertz CT molecular complexity index is 1300. The lowest BCUT2D eigenvalue weighted by Crippen LogP contribution is -2.46. The molecule has 0 aromatic heterocycles. The molecular weight excluding hydrogens is 460 g/mol. The van der Waals surface area contributed by atoms with Gasteiger partial charge in [0.2, 0.25) is 5.91 Å². The lowest BCUT2D eigenvalue weighted by molar-refractivity contribution is -0.286. The summed E-state index contributed by atoms with van der Waals surface area (Å²) in [7, 11) is 0. The summed E-state index contributed by atoms with van der Waals surface area (Å²) in [5.41, 5.74) is 0.167. The molecule has 0 aliphatic carbocycles. The Balaban J connectivity index is 1.36. The minimum atomic E-state index is -3.79. The number of carbonyl (C=O) groups excluding carboxylic acids is 3. The first-order valence-electron chi connectivity index (χ1n) is 10.7. The number of anilines is 1. The third-order valence-corrected chi connectivity index (χ3v) is 5.74. The van der Waals surface area contributed by atoms with E-state index in [9.17, 15) is 23.2 Å². The molecule has 1 saturated heterocycles. The lowest BCUT2D eigenvalue weighted by atomic mass is 9.83. The molecule has 178 valence electrons. The highest BCUT2D eigenvalue weighted by Gasteiger charge is 2.52. The fourth-order valence-corrected chi connectivity index (χ4v) is 4.18. The minimum absolute atomic E-state index is 0.140. The zero-order valence-electron chi connectivity index (χ0n) is 18.2. The predicted octanol–water partition coefficient (Wildman–Crippen LogP) is 3.64. The molecule has 4 amide bonds. The third-order valence-electron chi connectivity index (χ3n) is 5.74. The lowest BCUT2D eigenvalue weighted by Gasteiger charge is -2.27. The van der Waals surface area contributed by atoms with E-state index in [2.05, 4.69) is 20.1 Å². The van der Waals surface area contributed by atoms with E-state index in [0.29, 0.717) is 5.56 Å². The second-order valence-electron chi connectivity index (χ2n) is 8.13. The van der Waals surface area contributed by atoms with E-state index in [4.69, 9.17) is 0 Å². The Morgan fingerprint density at radius 1 is 0.914 bits per heavy atom. The monoisotopic (exact) mass is 479 g/mol. The molecule has 3 aromatic rings. The summed E-state index contributed by atoms with van der Waals surface area (Å²) >= 11 is 0. The van der Waals surface area contributed by atoms with Crippen molar-refractivity contribution in [1.82, 2.24) is 10.2 Å². The average molecular weight is 479 g/mol. The molecule has 35 heavy (non-hydrogen) atoms. The van der Waals surface area contributed by atoms with Gasteiger partial charge in [0.1, 0.15) is 6.54 Å². The first kappa shape index (κ1) is 22.3. The molecule has 1 atom stereocenters. The zero-order valence-corrected chi connectivity index (χ0v) is 18.2. The van der Waals surface area contributed by atoms with E-state index in [-0.39, 0.29) is 23.6 Å². The number of fused-ring (bicyclic) bond motifs is 1. The second-order valence-corrected chi connectivity index (χ2v) is 8.13. The van der Waals surface area contributed by atoms with E-state index in [1.54, 1.807) is 30.3 Å². The minimum Gasteiger partial charge on any atom is -0.395 e. The number of amides is 4. The van der Waals surface area contributed by atoms with E-state index in [1.165, 1.54) is 18.2 Å². The number of rotatable bonds is 6. The summed E-state index contributed by atoms with van der Waals surface area (Å²) in [6.45, 7) is -0.571. The van der Waals surface area contributed by atoms with Gasteiger partial charge in [0, 0.05) is 18.2 Å². The maximum atomic E-state index is 13.6. The van der Waals surface area contributed by atoms with Gasteiger partial charge in [-0.1, -0.05) is 60.7 Å². The van der Waals surface area contributed by atoms with Crippen LogP contribution in [0.25, 0.3) is 0 Å². The summed E-state index contributed by atoms with van der Waals surface area (Å²) in [6.07, 6.45) is -3.60. The topological polar surface area (TPSA) is 97.0 Å². The molecule has 2 aliphatic rings. The van der Waals surface area contributed by atoms with Gasteiger partial charge in [0.25, 0.3) is 5.91 Å². The summed E-state index contributed by atoms with van der Waals surface area (Å²) in [5.74, 6) is -1.68. The van der Waals surface area contributed by atoms with Crippen LogP contribution in [0.3, 0.4) is 0 Å². The SMILES string of the molecule is O=C(CN1C(=O)N[C@@](Cc2ccccc2)(c2ccccc2)C1=O)Nc1ccc2c(c1)OC(F)(F)O2. The normalized spacial score (nSPS) is 20.0. The van der Waals surface area contributed by atoms with Crippen molar-refractivity contribution in [3.63, 3.8) is 0 Å². The molecule has 0 radical (unpaired) electrons. The van der Waals surface area contributed by atoms with Gasteiger partial charge < -0.3 is 20.1 Å². The van der Waals surface area contributed by atoms with Crippen molar-refractivity contribution in [2.75, 3.05) is 11.9 Å². The number of alkyl halides is 2. The van der Waals surface area contributed by atoms with Gasteiger partial charge >= 0.3 is 12.3 Å². The number of nitrogens with zero attached hydrogens (tertiary/aromatic N) is 1. The Kier molecular flexibility index (Phi) is 5.35. The molecule has 0 unspecified atom stereocenters. The van der Waals surface area contributed by atoms with Crippen LogP contribution in [0.4, 0.5) is 19.3 Å². The molecule has 2 heterocycles. The van der Waals surface area contributed by atoms with Gasteiger partial charge in [0.05, 0.1) is 0 Å². The maximum absolute atomic E-state index is 13.6. The standard InChI is InChI=1S/C25H19F2N3O5/c26-25(27)34-19-12-11-18(13-20(19)35-25)28-21(31)15-30-22(32)24(29-23(30)33,17-9-5-2-6-10-17)14-16-7-3-1-4-8-16/h1-13H,14-15H2,(H,28,31)(H,29,33)/t24-/m0/s1. The van der Waals surface area contributed by atoms with Crippen LogP contribution < -0.4 is 20.1 Å². The van der Waals surface area contributed by atoms with Crippen molar-refractivity contribution in [3.05, 3.63) is 90.0 Å². The molecular formula is C25H19F2N3O5. The Hall–Kier alpha value is -4.47. The zero-order chi connectivity index (χ0) is 24.6. The van der Waals surface area contributed by atoms with Gasteiger partial charge in [-0.05, 0) is 23.3 Å². The number of urea groups is 1. The molecule has 0 spiro atoms. The molecule has 8 nitrogen and oxygen atoms in total. The molecule has 3 aromatic carbocycles. The van der Waals surface area contributed by atoms with Crippen LogP contribution >= 0.6 is 0 Å². The fraction of sp³-hybridized carbons (Fsp3) is 0.160. The third kappa shape index (κ3) is 4.25. The number of benzene rings is 3. The van der Waals surface area contributed by atoms with Crippen LogP contribution in [0.1, 0.15) is 11.1 Å². The van der Waals surface area contributed by atoms with Gasteiger partial charge in [-0.25, -0.2) is 4.79 Å². The molecule has 2 N–H and O–H groups in total. The molecule has 1 fully saturated rings. The van der Waals surface area contributed by atoms with Gasteiger partial charge in [-0.15, -0.1) is 8.78 Å². The average Bonchev–Trinajstić information content (AvgIpc) is 3.27. The highest BCUT2D eigenvalue weighted by atomic mass is 19.3. The van der Waals surface area contributed by atoms with E-state index >= 15 is 0 Å². The van der Waals surface area contributed by atoms with Crippen LogP contribution in [0.2, 0.25) is 0 Å². The van der Waals surface area contributed by atoms with Gasteiger partial charge in [0.15, 0.2) is 17.0 Å². The maximum Gasteiger partial charge on any atom is 0.586 e. The Morgan fingerprint density at radius 3 is 2.29 bits per heavy atom. The smallest absolute Gasteiger partial charge is 0.395 e. The number of hydrogen-bond donors (Lipinski definition) is 2. The Morgan fingerprint density at radius 2 is 1.57 bits per heavy atom. The number of nitrogens with one attached hydrogen (secondary N) is 2. The van der Waals surface area contributed by atoms with Crippen molar-refractivity contribution in [1.29, 1.82) is 0 Å². The number of halogens is 2. The number of hydrogen-bond acceptors (Lipinski definition) is 5. The highest BCUT2D eigenvalue weighted by molar-refractivity contribution is 6.10. The van der Waals surface area contributed by atoms with Crippen LogP contribution in [-0.4, -0.2) is 35.6 Å². The van der Waals surface area contributed by atoms with E-state index < -0.39 is 36.2 Å². The predicted molar refractivity (Wildman–Crippen MR) is 120 cm³/mol. The van der Waals surface area contributed by atoms with Crippen LogP contribution in [-0.2, 0) is 21.5 Å². The fourth-order valence-electron chi connectivity index (χ4n) is 4.18. The van der Waals surface area contributed by atoms with Gasteiger partial charge in [-0.3, -0.25) is 14.5 Å². The van der Waals surface area contributed by atoms with Crippen LogP contribution in [0.15, 0.2) is 78.9 Å². The van der Waals surface area contributed by atoms with Crippen molar-refractivity contribution in [2.45, 2.75) is 18.3 Å². The number of carbonyl (C=O) groups is 3.